The third-order valence-corrected chi connectivity index (χ3v) is 4.05. The van der Waals surface area contributed by atoms with Gasteiger partial charge in [-0.1, -0.05) is 12.1 Å². The number of hydrogen-bond donors (Lipinski definition) is 8. The fourth-order valence-electron chi connectivity index (χ4n) is 2.27. The highest BCUT2D eigenvalue weighted by Crippen LogP contribution is 2.10. The zero-order chi connectivity index (χ0) is 24.0. The monoisotopic (exact) mass is 443 g/mol. The van der Waals surface area contributed by atoms with Crippen molar-refractivity contribution in [2.75, 3.05) is 6.54 Å². The van der Waals surface area contributed by atoms with Gasteiger partial charge < -0.3 is 42.3 Å². The van der Waals surface area contributed by atoms with Crippen LogP contribution in [-0.4, -0.2) is 74.1 Å². The number of hydrogen-bond acceptors (Lipinski definition) is 8. The maximum absolute atomic E-state index is 10.4. The summed E-state index contributed by atoms with van der Waals surface area (Å²) in [5, 5.41) is 45.0. The van der Waals surface area contributed by atoms with E-state index in [9.17, 15) is 19.2 Å². The number of rotatable bonds is 8. The second-order valence-corrected chi connectivity index (χ2v) is 6.68. The van der Waals surface area contributed by atoms with Gasteiger partial charge in [-0.3, -0.25) is 19.2 Å². The van der Waals surface area contributed by atoms with Crippen molar-refractivity contribution in [3.05, 3.63) is 29.8 Å². The number of carboxylic acid groups (broad SMARTS) is 4. The van der Waals surface area contributed by atoms with Gasteiger partial charge in [-0.15, -0.1) is 0 Å². The average molecular weight is 443 g/mol. The van der Waals surface area contributed by atoms with Crippen molar-refractivity contribution in [2.24, 2.45) is 11.5 Å². The minimum atomic E-state index is -1.17. The lowest BCUT2D eigenvalue weighted by Gasteiger charge is -2.05. The average Bonchev–Trinajstić information content (AvgIpc) is 3.24. The van der Waals surface area contributed by atoms with Crippen LogP contribution in [0.15, 0.2) is 24.3 Å². The molecule has 1 saturated heterocycles. The molecule has 0 aliphatic carbocycles. The molecule has 174 valence electrons. The largest absolute Gasteiger partial charge is 0.508 e. The van der Waals surface area contributed by atoms with E-state index in [1.165, 1.54) is 12.1 Å². The quantitative estimate of drug-likeness (QED) is 0.252. The summed E-state index contributed by atoms with van der Waals surface area (Å²) in [4.78, 5) is 40.4. The Bertz CT molecular complexity index is 719. The maximum Gasteiger partial charge on any atom is 0.320 e. The molecule has 0 radical (unpaired) electrons. The van der Waals surface area contributed by atoms with Gasteiger partial charge in [0.25, 0.3) is 0 Å². The van der Waals surface area contributed by atoms with E-state index >= 15 is 0 Å². The summed E-state index contributed by atoms with van der Waals surface area (Å²) in [6.07, 6.45) is 1.83. The lowest BCUT2D eigenvalue weighted by molar-refractivity contribution is -0.141. The minimum Gasteiger partial charge on any atom is -0.508 e. The topological polar surface area (TPSA) is 233 Å². The van der Waals surface area contributed by atoms with Crippen molar-refractivity contribution >= 4 is 23.9 Å². The molecule has 0 saturated carbocycles. The summed E-state index contributed by atoms with van der Waals surface area (Å²) < 4.78 is 0. The van der Waals surface area contributed by atoms with Crippen LogP contribution < -0.4 is 16.8 Å². The van der Waals surface area contributed by atoms with Crippen molar-refractivity contribution < 1.29 is 44.7 Å². The van der Waals surface area contributed by atoms with E-state index in [0.29, 0.717) is 0 Å². The van der Waals surface area contributed by atoms with E-state index in [0.717, 1.165) is 24.9 Å². The molecule has 10 N–H and O–H groups in total. The molecule has 12 heteroatoms. The van der Waals surface area contributed by atoms with Gasteiger partial charge >= 0.3 is 23.9 Å². The van der Waals surface area contributed by atoms with Crippen LogP contribution in [0.4, 0.5) is 0 Å². The standard InChI is InChI=1S/C9H11NO3.C5H9NO4.C5H9NO2/c10-8(9(12)13)5-6-1-3-7(11)4-2-6;6-3(5(9)10)1-2-4(7)8;7-5(8)4-2-1-3-6-4/h1-4,8,11H,5,10H2,(H,12,13);3H,1-2,6H2,(H,7,8)(H,9,10);4,6H,1-3H2,(H,7,8)/t;;4-/m..0/s1. The van der Waals surface area contributed by atoms with E-state index < -0.39 is 36.0 Å². The number of nitrogens with two attached hydrogens (primary N) is 2. The molecule has 2 unspecified atom stereocenters. The molecule has 0 bridgehead atoms. The zero-order valence-electron chi connectivity index (χ0n) is 16.8. The smallest absolute Gasteiger partial charge is 0.320 e. The third-order valence-electron chi connectivity index (χ3n) is 4.05. The Morgan fingerprint density at radius 2 is 1.52 bits per heavy atom. The molecule has 1 fully saturated rings. The van der Waals surface area contributed by atoms with E-state index in [1.807, 2.05) is 0 Å². The van der Waals surface area contributed by atoms with Crippen molar-refractivity contribution in [1.82, 2.24) is 5.32 Å². The van der Waals surface area contributed by atoms with Crippen molar-refractivity contribution in [1.29, 1.82) is 0 Å². The summed E-state index contributed by atoms with van der Waals surface area (Å²) in [7, 11) is 0. The zero-order valence-corrected chi connectivity index (χ0v) is 16.8. The van der Waals surface area contributed by atoms with Gasteiger partial charge in [0.2, 0.25) is 0 Å². The first kappa shape index (κ1) is 27.8. The molecular weight excluding hydrogens is 414 g/mol. The second kappa shape index (κ2) is 14.7. The summed E-state index contributed by atoms with van der Waals surface area (Å²) >= 11 is 0. The Hall–Kier alpha value is -3.22. The number of carbonyl (C=O) groups is 4. The van der Waals surface area contributed by atoms with Gasteiger partial charge in [-0.25, -0.2) is 0 Å². The van der Waals surface area contributed by atoms with Crippen molar-refractivity contribution in [3.8, 4) is 5.75 Å². The fraction of sp³-hybridized carbons (Fsp3) is 0.474. The first-order valence-electron chi connectivity index (χ1n) is 9.36. The summed E-state index contributed by atoms with van der Waals surface area (Å²) in [6.45, 7) is 0.858. The van der Waals surface area contributed by atoms with E-state index in [-0.39, 0.29) is 31.1 Å². The highest BCUT2D eigenvalue weighted by Gasteiger charge is 2.20. The molecule has 0 aromatic heterocycles. The molecule has 1 aliphatic heterocycles. The first-order chi connectivity index (χ1) is 14.4. The van der Waals surface area contributed by atoms with Gasteiger partial charge in [0.15, 0.2) is 0 Å². The summed E-state index contributed by atoms with van der Waals surface area (Å²) in [5.74, 6) is -3.78. The van der Waals surface area contributed by atoms with Gasteiger partial charge in [0, 0.05) is 6.42 Å². The van der Waals surface area contributed by atoms with Crippen LogP contribution in [-0.2, 0) is 25.6 Å². The predicted molar refractivity (Wildman–Crippen MR) is 109 cm³/mol. The van der Waals surface area contributed by atoms with Crippen LogP contribution in [0, 0.1) is 0 Å². The number of nitrogens with one attached hydrogen (secondary N) is 1. The van der Waals surface area contributed by atoms with Crippen LogP contribution in [0.3, 0.4) is 0 Å². The lowest BCUT2D eigenvalue weighted by Crippen LogP contribution is -2.32. The maximum atomic E-state index is 10.4. The van der Waals surface area contributed by atoms with Crippen LogP contribution in [0.1, 0.15) is 31.2 Å². The summed E-state index contributed by atoms with van der Waals surface area (Å²) in [6, 6.07) is 4.10. The highest BCUT2D eigenvalue weighted by atomic mass is 16.4. The highest BCUT2D eigenvalue weighted by molar-refractivity contribution is 5.75. The molecule has 2 rings (SSSR count). The van der Waals surface area contributed by atoms with Gasteiger partial charge in [0.05, 0.1) is 0 Å². The Kier molecular flexibility index (Phi) is 13.2. The van der Waals surface area contributed by atoms with Gasteiger partial charge in [-0.2, -0.15) is 0 Å². The molecule has 12 nitrogen and oxygen atoms in total. The minimum absolute atomic E-state index is 0.0231. The number of phenols is 1. The lowest BCUT2D eigenvalue weighted by atomic mass is 10.1. The Labute approximate surface area is 178 Å². The van der Waals surface area contributed by atoms with E-state index in [1.54, 1.807) is 12.1 Å². The molecule has 0 spiro atoms. The number of aromatic hydroxyl groups is 1. The van der Waals surface area contributed by atoms with E-state index in [2.05, 4.69) is 5.32 Å². The van der Waals surface area contributed by atoms with Crippen LogP contribution in [0.5, 0.6) is 5.75 Å². The molecule has 1 heterocycles. The van der Waals surface area contributed by atoms with Crippen molar-refractivity contribution in [2.45, 2.75) is 50.2 Å². The molecule has 0 amide bonds. The van der Waals surface area contributed by atoms with Crippen LogP contribution in [0.2, 0.25) is 0 Å². The molecule has 3 atom stereocenters. The number of carboxylic acids is 4. The number of phenolic OH excluding ortho intramolecular Hbond substituents is 1. The van der Waals surface area contributed by atoms with Crippen LogP contribution in [0.25, 0.3) is 0 Å². The Morgan fingerprint density at radius 3 is 1.87 bits per heavy atom. The normalized spacial score (nSPS) is 16.5. The van der Waals surface area contributed by atoms with Gasteiger partial charge in [0.1, 0.15) is 23.9 Å². The molecule has 31 heavy (non-hydrogen) atoms. The van der Waals surface area contributed by atoms with Gasteiger partial charge in [-0.05, 0) is 49.9 Å². The van der Waals surface area contributed by atoms with Crippen molar-refractivity contribution in [3.63, 3.8) is 0 Å². The SMILES string of the molecule is NC(CCC(=O)O)C(=O)O.NC(Cc1ccc(O)cc1)C(=O)O.O=C(O)[C@@H]1CCCN1. The Balaban J connectivity index is 0.000000450. The summed E-state index contributed by atoms with van der Waals surface area (Å²) in [5.41, 5.74) is 11.1. The number of benzene rings is 1. The van der Waals surface area contributed by atoms with E-state index in [4.69, 9.17) is 37.0 Å². The fourth-order valence-corrected chi connectivity index (χ4v) is 2.27. The molecule has 1 aromatic rings. The Morgan fingerprint density at radius 1 is 0.968 bits per heavy atom. The molecule has 1 aliphatic rings. The second-order valence-electron chi connectivity index (χ2n) is 6.68. The third kappa shape index (κ3) is 13.6. The molecule has 1 aromatic carbocycles. The molecular formula is C19H29N3O9. The van der Waals surface area contributed by atoms with Crippen LogP contribution >= 0.6 is 0 Å². The first-order valence-corrected chi connectivity index (χ1v) is 9.36. The predicted octanol–water partition coefficient (Wildman–Crippen LogP) is -0.567. The number of aliphatic carboxylic acids is 4.